The molecule has 0 saturated heterocycles. The predicted octanol–water partition coefficient (Wildman–Crippen LogP) is 2.39. The average Bonchev–Trinajstić information content (AvgIpc) is 3.30. The second-order valence-electron chi connectivity index (χ2n) is 7.38. The minimum atomic E-state index is -1.51. The first-order valence-electron chi connectivity index (χ1n) is 10.6. The van der Waals surface area contributed by atoms with Crippen molar-refractivity contribution in [3.05, 3.63) is 77.3 Å². The highest BCUT2D eigenvalue weighted by Gasteiger charge is 2.24. The number of rotatable bonds is 11. The largest absolute Gasteiger partial charge is 0.464 e. The number of halogens is 2. The van der Waals surface area contributed by atoms with Crippen LogP contribution in [-0.4, -0.2) is 61.5 Å². The Morgan fingerprint density at radius 2 is 2.06 bits per heavy atom. The minimum Gasteiger partial charge on any atom is -0.464 e. The maximum absolute atomic E-state index is 14.2. The van der Waals surface area contributed by atoms with Crippen molar-refractivity contribution in [3.63, 3.8) is 0 Å². The van der Waals surface area contributed by atoms with E-state index in [2.05, 4.69) is 27.5 Å². The first kappa shape index (κ1) is 25.9. The summed E-state index contributed by atoms with van der Waals surface area (Å²) in [5.74, 6) is -1.96. The summed E-state index contributed by atoms with van der Waals surface area (Å²) in [5, 5.41) is 22.9. The van der Waals surface area contributed by atoms with Gasteiger partial charge in [-0.2, -0.15) is 0 Å². The molecule has 0 bridgehead atoms. The Labute approximate surface area is 205 Å². The molecule has 2 aromatic carbocycles. The molecular weight excluding hydrogens is 479 g/mol. The Hall–Kier alpha value is -3.67. The van der Waals surface area contributed by atoms with Crippen LogP contribution in [0.5, 0.6) is 0 Å². The molecule has 0 radical (unpaired) electrons. The quantitative estimate of drug-likeness (QED) is 0.233. The van der Waals surface area contributed by atoms with Crippen molar-refractivity contribution >= 4 is 23.5 Å². The lowest BCUT2D eigenvalue weighted by atomic mass is 10.0. The van der Waals surface area contributed by atoms with Crippen molar-refractivity contribution < 1.29 is 23.8 Å². The summed E-state index contributed by atoms with van der Waals surface area (Å²) >= 11 is 5.99. The zero-order valence-corrected chi connectivity index (χ0v) is 19.7. The molecule has 3 aromatic rings. The third-order valence-electron chi connectivity index (χ3n) is 4.82. The fourth-order valence-corrected chi connectivity index (χ4v) is 3.38. The SMILES string of the molecule is C=CCn1nnnc1C(=O)NN(Cc1ccc(-c2cc(Cl)ccc2F)cc1)C[C@@H](O)C(=O)OCC. The molecule has 1 aromatic heterocycles. The van der Waals surface area contributed by atoms with Gasteiger partial charge in [0.25, 0.3) is 0 Å². The number of allylic oxidation sites excluding steroid dienone is 1. The van der Waals surface area contributed by atoms with Crippen LogP contribution in [0.15, 0.2) is 55.1 Å². The number of carbonyl (C=O) groups is 2. The zero-order chi connectivity index (χ0) is 25.4. The number of tetrazole rings is 1. The highest BCUT2D eigenvalue weighted by Crippen LogP contribution is 2.26. The number of carbonyl (C=O) groups excluding carboxylic acids is 2. The van der Waals surface area contributed by atoms with E-state index in [1.807, 2.05) is 0 Å². The number of aliphatic hydroxyl groups excluding tert-OH is 1. The molecule has 2 N–H and O–H groups in total. The van der Waals surface area contributed by atoms with Gasteiger partial charge < -0.3 is 9.84 Å². The van der Waals surface area contributed by atoms with Crippen LogP contribution < -0.4 is 5.43 Å². The van der Waals surface area contributed by atoms with E-state index in [4.69, 9.17) is 16.3 Å². The molecule has 0 spiro atoms. The van der Waals surface area contributed by atoms with Crippen LogP contribution in [-0.2, 0) is 22.6 Å². The highest BCUT2D eigenvalue weighted by atomic mass is 35.5. The number of hydrazine groups is 1. The molecule has 0 saturated carbocycles. The Balaban J connectivity index is 1.79. The van der Waals surface area contributed by atoms with Crippen molar-refractivity contribution in [2.24, 2.45) is 0 Å². The summed E-state index contributed by atoms with van der Waals surface area (Å²) in [4.78, 5) is 24.7. The Kier molecular flexibility index (Phi) is 9.01. The first-order chi connectivity index (χ1) is 16.8. The van der Waals surface area contributed by atoms with Crippen LogP contribution in [0.3, 0.4) is 0 Å². The molecule has 0 unspecified atom stereocenters. The van der Waals surface area contributed by atoms with Crippen molar-refractivity contribution in [1.29, 1.82) is 0 Å². The van der Waals surface area contributed by atoms with Gasteiger partial charge in [-0.3, -0.25) is 10.2 Å². The number of hydrogen-bond acceptors (Lipinski definition) is 8. The van der Waals surface area contributed by atoms with E-state index >= 15 is 0 Å². The molecule has 0 fully saturated rings. The van der Waals surface area contributed by atoms with Crippen molar-refractivity contribution in [2.75, 3.05) is 13.2 Å². The van der Waals surface area contributed by atoms with Gasteiger partial charge in [-0.1, -0.05) is 41.9 Å². The number of nitrogens with zero attached hydrogens (tertiary/aromatic N) is 5. The lowest BCUT2D eigenvalue weighted by Gasteiger charge is -2.25. The van der Waals surface area contributed by atoms with Gasteiger partial charge in [0.1, 0.15) is 5.82 Å². The van der Waals surface area contributed by atoms with E-state index in [0.29, 0.717) is 21.7 Å². The number of hydrogen-bond donors (Lipinski definition) is 2. The number of aromatic nitrogens is 4. The Morgan fingerprint density at radius 3 is 2.74 bits per heavy atom. The Morgan fingerprint density at radius 1 is 1.31 bits per heavy atom. The number of ether oxygens (including phenoxy) is 1. The number of aliphatic hydroxyl groups is 1. The number of nitrogens with one attached hydrogen (secondary N) is 1. The summed E-state index contributed by atoms with van der Waals surface area (Å²) < 4.78 is 20.3. The summed E-state index contributed by atoms with van der Waals surface area (Å²) in [7, 11) is 0. The molecule has 0 aliphatic heterocycles. The van der Waals surface area contributed by atoms with Crippen molar-refractivity contribution in [3.8, 4) is 11.1 Å². The summed E-state index contributed by atoms with van der Waals surface area (Å²) in [6.45, 7) is 5.36. The number of amides is 1. The maximum atomic E-state index is 14.2. The second-order valence-corrected chi connectivity index (χ2v) is 7.82. The Bertz CT molecular complexity index is 1190. The maximum Gasteiger partial charge on any atom is 0.336 e. The van der Waals surface area contributed by atoms with Crippen LogP contribution >= 0.6 is 11.6 Å². The monoisotopic (exact) mass is 502 g/mol. The van der Waals surface area contributed by atoms with E-state index in [0.717, 1.165) is 0 Å². The van der Waals surface area contributed by atoms with E-state index in [1.54, 1.807) is 31.2 Å². The van der Waals surface area contributed by atoms with E-state index in [9.17, 15) is 19.1 Å². The van der Waals surface area contributed by atoms with Crippen LogP contribution in [0.25, 0.3) is 11.1 Å². The number of esters is 1. The summed E-state index contributed by atoms with van der Waals surface area (Å²) in [6, 6.07) is 11.2. The van der Waals surface area contributed by atoms with Gasteiger partial charge in [0.05, 0.1) is 19.7 Å². The van der Waals surface area contributed by atoms with E-state index in [-0.39, 0.29) is 32.1 Å². The van der Waals surface area contributed by atoms with Gasteiger partial charge in [-0.25, -0.2) is 18.9 Å². The summed E-state index contributed by atoms with van der Waals surface area (Å²) in [5.41, 5.74) is 4.27. The van der Waals surface area contributed by atoms with Gasteiger partial charge >= 0.3 is 11.9 Å². The molecule has 12 heteroatoms. The smallest absolute Gasteiger partial charge is 0.336 e. The third kappa shape index (κ3) is 6.92. The standard InChI is InChI=1S/C23H24ClFN6O4/c1-3-11-31-21(26-28-29-31)22(33)27-30(14-20(32)23(34)35-4-2)13-15-5-7-16(8-6-15)18-12-17(24)9-10-19(18)25/h3,5-10,12,20,32H,1,4,11,13-14H2,2H3,(H,27,33)/t20-/m1/s1. The minimum absolute atomic E-state index is 0.0766. The fourth-order valence-electron chi connectivity index (χ4n) is 3.21. The van der Waals surface area contributed by atoms with Gasteiger partial charge in [0.15, 0.2) is 6.10 Å². The van der Waals surface area contributed by atoms with E-state index in [1.165, 1.54) is 34.0 Å². The first-order valence-corrected chi connectivity index (χ1v) is 11.0. The van der Waals surface area contributed by atoms with Crippen LogP contribution in [0.1, 0.15) is 23.1 Å². The predicted molar refractivity (Wildman–Crippen MR) is 125 cm³/mol. The van der Waals surface area contributed by atoms with Crippen LogP contribution in [0, 0.1) is 5.82 Å². The molecule has 1 atom stereocenters. The van der Waals surface area contributed by atoms with Crippen molar-refractivity contribution in [1.82, 2.24) is 30.6 Å². The molecule has 1 amide bonds. The highest BCUT2D eigenvalue weighted by molar-refractivity contribution is 6.30. The molecule has 0 aliphatic carbocycles. The average molecular weight is 503 g/mol. The molecule has 0 aliphatic rings. The van der Waals surface area contributed by atoms with Gasteiger partial charge in [0, 0.05) is 17.1 Å². The summed E-state index contributed by atoms with van der Waals surface area (Å²) in [6.07, 6.45) is 0.0129. The lowest BCUT2D eigenvalue weighted by molar-refractivity contribution is -0.154. The normalized spacial score (nSPS) is 11.8. The molecule has 35 heavy (non-hydrogen) atoms. The molecule has 1 heterocycles. The topological polar surface area (TPSA) is 122 Å². The molecule has 3 rings (SSSR count). The fraction of sp³-hybridized carbons (Fsp3) is 0.261. The molecule has 184 valence electrons. The van der Waals surface area contributed by atoms with Gasteiger partial charge in [-0.05, 0) is 46.7 Å². The van der Waals surface area contributed by atoms with Gasteiger partial charge in [0.2, 0.25) is 5.82 Å². The molecule has 10 nitrogen and oxygen atoms in total. The zero-order valence-electron chi connectivity index (χ0n) is 18.9. The van der Waals surface area contributed by atoms with Gasteiger partial charge in [-0.15, -0.1) is 11.7 Å². The van der Waals surface area contributed by atoms with Crippen molar-refractivity contribution in [2.45, 2.75) is 26.1 Å². The van der Waals surface area contributed by atoms with Crippen LogP contribution in [0.4, 0.5) is 4.39 Å². The lowest BCUT2D eigenvalue weighted by Crippen LogP contribution is -2.48. The number of benzene rings is 2. The van der Waals surface area contributed by atoms with Crippen LogP contribution in [0.2, 0.25) is 5.02 Å². The molecular formula is C23H24ClFN6O4. The van der Waals surface area contributed by atoms with E-state index < -0.39 is 23.8 Å². The second kappa shape index (κ2) is 12.2. The third-order valence-corrected chi connectivity index (χ3v) is 5.05.